The van der Waals surface area contributed by atoms with E-state index in [2.05, 4.69) is 0 Å². The molecule has 0 unspecified atom stereocenters. The number of carbonyl (C=O) groups is 2. The Kier molecular flexibility index (Phi) is 5.16. The number of nitrogens with zero attached hydrogens (tertiary/aromatic N) is 1. The minimum absolute atomic E-state index is 0.165. The Bertz CT molecular complexity index is 769. The van der Waals surface area contributed by atoms with Crippen molar-refractivity contribution in [3.63, 3.8) is 0 Å². The zero-order valence-corrected chi connectivity index (χ0v) is 14.4. The third kappa shape index (κ3) is 3.29. The fourth-order valence-electron chi connectivity index (χ4n) is 2.70. The molecule has 122 valence electrons. The second-order valence-electron chi connectivity index (χ2n) is 5.61. The van der Waals surface area contributed by atoms with Crippen molar-refractivity contribution in [2.45, 2.75) is 19.1 Å². The molecule has 3 nitrogen and oxygen atoms in total. The second kappa shape index (κ2) is 7.49. The molecule has 1 aliphatic rings. The van der Waals surface area contributed by atoms with E-state index in [9.17, 15) is 9.59 Å². The van der Waals surface area contributed by atoms with Gasteiger partial charge >= 0.3 is 0 Å². The lowest BCUT2D eigenvalue weighted by Crippen LogP contribution is -2.32. The fraction of sp³-hybridized carbons (Fsp3) is 0.200. The highest BCUT2D eigenvalue weighted by Crippen LogP contribution is 2.37. The predicted molar refractivity (Wildman–Crippen MR) is 98.1 cm³/mol. The van der Waals surface area contributed by atoms with Crippen LogP contribution in [-0.2, 0) is 15.3 Å². The van der Waals surface area contributed by atoms with Crippen molar-refractivity contribution in [2.75, 3.05) is 6.54 Å². The van der Waals surface area contributed by atoms with E-state index in [4.69, 9.17) is 0 Å². The van der Waals surface area contributed by atoms with Crippen molar-refractivity contribution in [1.29, 1.82) is 0 Å². The first-order valence-electron chi connectivity index (χ1n) is 8.05. The van der Waals surface area contributed by atoms with Gasteiger partial charge in [-0.05, 0) is 17.5 Å². The van der Waals surface area contributed by atoms with Crippen LogP contribution >= 0.6 is 11.8 Å². The van der Waals surface area contributed by atoms with E-state index in [1.807, 2.05) is 67.6 Å². The lowest BCUT2D eigenvalue weighted by molar-refractivity contribution is -0.136. The van der Waals surface area contributed by atoms with Gasteiger partial charge in [-0.15, -0.1) is 11.8 Å². The van der Waals surface area contributed by atoms with E-state index in [-0.39, 0.29) is 11.8 Å². The highest BCUT2D eigenvalue weighted by molar-refractivity contribution is 8.03. The average molecular weight is 337 g/mol. The van der Waals surface area contributed by atoms with E-state index < -0.39 is 0 Å². The third-order valence-corrected chi connectivity index (χ3v) is 5.01. The van der Waals surface area contributed by atoms with Gasteiger partial charge in [-0.2, -0.15) is 0 Å². The number of amides is 2. The number of imide groups is 1. The maximum Gasteiger partial charge on any atom is 0.267 e. The average Bonchev–Trinajstić information content (AvgIpc) is 2.86. The third-order valence-electron chi connectivity index (χ3n) is 3.86. The molecule has 0 atom stereocenters. The van der Waals surface area contributed by atoms with Gasteiger partial charge in [0.05, 0.1) is 10.5 Å². The molecule has 2 aromatic carbocycles. The van der Waals surface area contributed by atoms with Crippen molar-refractivity contribution in [3.05, 3.63) is 76.7 Å². The van der Waals surface area contributed by atoms with Crippen molar-refractivity contribution in [2.24, 2.45) is 0 Å². The number of hydrogen-bond donors (Lipinski definition) is 0. The maximum absolute atomic E-state index is 12.8. The van der Waals surface area contributed by atoms with Crippen LogP contribution in [-0.4, -0.2) is 23.3 Å². The van der Waals surface area contributed by atoms with E-state index in [0.29, 0.717) is 22.8 Å². The van der Waals surface area contributed by atoms with Crippen LogP contribution in [0.3, 0.4) is 0 Å². The Balaban J connectivity index is 1.94. The number of thioether (sulfide) groups is 1. The standard InChI is InChI=1S/C20H19NO2S/c1-2-13-21-19(22)17(16-11-7-4-8-12-16)18(20(21)23)24-14-15-9-5-3-6-10-15/h3-12H,2,13-14H2,1H3. The summed E-state index contributed by atoms with van der Waals surface area (Å²) in [5, 5.41) is 0. The molecule has 0 saturated heterocycles. The zero-order valence-electron chi connectivity index (χ0n) is 13.6. The first kappa shape index (κ1) is 16.5. The van der Waals surface area contributed by atoms with E-state index in [0.717, 1.165) is 17.5 Å². The molecular weight excluding hydrogens is 318 g/mol. The van der Waals surface area contributed by atoms with Crippen LogP contribution in [0.15, 0.2) is 65.6 Å². The minimum atomic E-state index is -0.177. The lowest BCUT2D eigenvalue weighted by atomic mass is 10.1. The highest BCUT2D eigenvalue weighted by Gasteiger charge is 2.38. The smallest absolute Gasteiger partial charge is 0.267 e. The van der Waals surface area contributed by atoms with Crippen LogP contribution in [0.1, 0.15) is 24.5 Å². The van der Waals surface area contributed by atoms with Crippen molar-refractivity contribution in [3.8, 4) is 0 Å². The molecule has 0 saturated carbocycles. The first-order chi connectivity index (χ1) is 11.7. The largest absolute Gasteiger partial charge is 0.274 e. The predicted octanol–water partition coefficient (Wildman–Crippen LogP) is 4.11. The number of carbonyl (C=O) groups excluding carboxylic acids is 2. The summed E-state index contributed by atoms with van der Waals surface area (Å²) in [4.78, 5) is 27.4. The molecule has 0 spiro atoms. The highest BCUT2D eigenvalue weighted by atomic mass is 32.2. The van der Waals surface area contributed by atoms with Gasteiger partial charge in [0.15, 0.2) is 0 Å². The van der Waals surface area contributed by atoms with Crippen molar-refractivity contribution >= 4 is 29.1 Å². The van der Waals surface area contributed by atoms with Crippen molar-refractivity contribution in [1.82, 2.24) is 4.90 Å². The summed E-state index contributed by atoms with van der Waals surface area (Å²) >= 11 is 1.45. The van der Waals surface area contributed by atoms with Gasteiger partial charge in [-0.25, -0.2) is 0 Å². The summed E-state index contributed by atoms with van der Waals surface area (Å²) in [6.45, 7) is 2.43. The Morgan fingerprint density at radius 1 is 0.875 bits per heavy atom. The lowest BCUT2D eigenvalue weighted by Gasteiger charge is -2.13. The monoisotopic (exact) mass is 337 g/mol. The van der Waals surface area contributed by atoms with Gasteiger partial charge < -0.3 is 0 Å². The first-order valence-corrected chi connectivity index (χ1v) is 9.03. The quantitative estimate of drug-likeness (QED) is 0.745. The van der Waals surface area contributed by atoms with Gasteiger partial charge in [0.2, 0.25) is 0 Å². The molecule has 0 aliphatic carbocycles. The van der Waals surface area contributed by atoms with Gasteiger partial charge in [-0.3, -0.25) is 14.5 Å². The molecule has 1 heterocycles. The molecule has 1 aliphatic heterocycles. The maximum atomic E-state index is 12.8. The number of hydrogen-bond acceptors (Lipinski definition) is 3. The van der Waals surface area contributed by atoms with Crippen LogP contribution in [0.25, 0.3) is 5.57 Å². The summed E-state index contributed by atoms with van der Waals surface area (Å²) in [6.07, 6.45) is 0.760. The summed E-state index contributed by atoms with van der Waals surface area (Å²) in [6, 6.07) is 19.5. The van der Waals surface area contributed by atoms with Gasteiger partial charge in [0, 0.05) is 12.3 Å². The Morgan fingerprint density at radius 2 is 1.50 bits per heavy atom. The second-order valence-corrected chi connectivity index (χ2v) is 6.59. The number of benzene rings is 2. The van der Waals surface area contributed by atoms with Crippen LogP contribution in [0.2, 0.25) is 0 Å². The number of rotatable bonds is 6. The zero-order chi connectivity index (χ0) is 16.9. The summed E-state index contributed by atoms with van der Waals surface area (Å²) in [5.41, 5.74) is 2.48. The Morgan fingerprint density at radius 3 is 2.12 bits per heavy atom. The summed E-state index contributed by atoms with van der Waals surface area (Å²) < 4.78 is 0. The molecular formula is C20H19NO2S. The van der Waals surface area contributed by atoms with Crippen LogP contribution in [0.5, 0.6) is 0 Å². The SMILES string of the molecule is CCCN1C(=O)C(SCc2ccccc2)=C(c2ccccc2)C1=O. The molecule has 4 heteroatoms. The van der Waals surface area contributed by atoms with Crippen molar-refractivity contribution < 1.29 is 9.59 Å². The van der Waals surface area contributed by atoms with E-state index in [1.165, 1.54) is 16.7 Å². The summed E-state index contributed by atoms with van der Waals surface area (Å²) in [7, 11) is 0. The Hall–Kier alpha value is -2.33. The molecule has 24 heavy (non-hydrogen) atoms. The molecule has 0 bridgehead atoms. The summed E-state index contributed by atoms with van der Waals surface area (Å²) in [5.74, 6) is 0.330. The van der Waals surface area contributed by atoms with E-state index >= 15 is 0 Å². The van der Waals surface area contributed by atoms with E-state index in [1.54, 1.807) is 0 Å². The fourth-order valence-corrected chi connectivity index (χ4v) is 3.79. The molecule has 2 amide bonds. The topological polar surface area (TPSA) is 37.4 Å². The Labute approximate surface area is 146 Å². The molecule has 3 rings (SSSR count). The van der Waals surface area contributed by atoms with Crippen LogP contribution in [0.4, 0.5) is 0 Å². The van der Waals surface area contributed by atoms with Gasteiger partial charge in [0.1, 0.15) is 0 Å². The molecule has 0 radical (unpaired) electrons. The minimum Gasteiger partial charge on any atom is -0.274 e. The molecule has 2 aromatic rings. The molecule has 0 fully saturated rings. The van der Waals surface area contributed by atoms with Gasteiger partial charge in [-0.1, -0.05) is 67.6 Å². The van der Waals surface area contributed by atoms with Crippen LogP contribution < -0.4 is 0 Å². The molecule has 0 N–H and O–H groups in total. The normalized spacial score (nSPS) is 14.6. The molecule has 0 aromatic heterocycles. The van der Waals surface area contributed by atoms with Crippen LogP contribution in [0, 0.1) is 0 Å². The van der Waals surface area contributed by atoms with Gasteiger partial charge in [0.25, 0.3) is 11.8 Å².